The lowest BCUT2D eigenvalue weighted by Gasteiger charge is -2.14. The first-order chi connectivity index (χ1) is 5.75. The minimum atomic E-state index is -5.01. The molecule has 0 radical (unpaired) electrons. The molecule has 0 bridgehead atoms. The van der Waals surface area contributed by atoms with Gasteiger partial charge in [0.15, 0.2) is 0 Å². The summed E-state index contributed by atoms with van der Waals surface area (Å²) in [5.74, 6) is -2.07. The fourth-order valence-electron chi connectivity index (χ4n) is 0.364. The minimum absolute atomic E-state index is 1.64. The lowest BCUT2D eigenvalue weighted by molar-refractivity contribution is -0.286. The van der Waals surface area contributed by atoms with Crippen molar-refractivity contribution < 1.29 is 35.9 Å². The number of alkyl halides is 6. The lowest BCUT2D eigenvalue weighted by Crippen LogP contribution is -2.33. The molecule has 2 nitrogen and oxygen atoms in total. The molecular formula is C5H4F6O2. The van der Waals surface area contributed by atoms with Crippen LogP contribution in [-0.4, -0.2) is 24.9 Å². The molecule has 0 aromatic rings. The Balaban J connectivity index is 4.05. The van der Waals surface area contributed by atoms with Gasteiger partial charge in [-0.1, -0.05) is 0 Å². The highest BCUT2D eigenvalue weighted by Gasteiger charge is 2.45. The maximum absolute atomic E-state index is 11.8. The SMILES string of the molecule is O=C(CC(F)F)OC(F)(F)C(F)F. The van der Waals surface area contributed by atoms with Gasteiger partial charge in [0.25, 0.3) is 0 Å². The summed E-state index contributed by atoms with van der Waals surface area (Å²) in [6, 6.07) is 0. The van der Waals surface area contributed by atoms with E-state index in [1.807, 2.05) is 0 Å². The van der Waals surface area contributed by atoms with Crippen LogP contribution in [0.15, 0.2) is 0 Å². The van der Waals surface area contributed by atoms with Gasteiger partial charge < -0.3 is 4.74 Å². The molecule has 0 aliphatic carbocycles. The molecule has 0 aliphatic heterocycles. The van der Waals surface area contributed by atoms with Crippen molar-refractivity contribution in [1.29, 1.82) is 0 Å². The third-order valence-electron chi connectivity index (χ3n) is 0.825. The van der Waals surface area contributed by atoms with Crippen molar-refractivity contribution >= 4 is 5.97 Å². The largest absolute Gasteiger partial charge is 0.463 e. The first kappa shape index (κ1) is 12.0. The monoisotopic (exact) mass is 210 g/mol. The van der Waals surface area contributed by atoms with Gasteiger partial charge in [0.1, 0.15) is 6.42 Å². The molecule has 8 heteroatoms. The van der Waals surface area contributed by atoms with E-state index in [0.717, 1.165) is 0 Å². The van der Waals surface area contributed by atoms with E-state index in [1.165, 1.54) is 0 Å². The number of carbonyl (C=O) groups excluding carboxylic acids is 1. The molecule has 0 heterocycles. The van der Waals surface area contributed by atoms with Crippen LogP contribution in [-0.2, 0) is 9.53 Å². The Kier molecular flexibility index (Phi) is 4.02. The van der Waals surface area contributed by atoms with Crippen LogP contribution in [0.3, 0.4) is 0 Å². The third kappa shape index (κ3) is 4.58. The first-order valence-electron chi connectivity index (χ1n) is 2.91. The van der Waals surface area contributed by atoms with E-state index >= 15 is 0 Å². The number of esters is 1. The summed E-state index contributed by atoms with van der Waals surface area (Å²) < 4.78 is 71.7. The summed E-state index contributed by atoms with van der Waals surface area (Å²) in [5.41, 5.74) is 0. The topological polar surface area (TPSA) is 26.3 Å². The van der Waals surface area contributed by atoms with Crippen molar-refractivity contribution in [3.63, 3.8) is 0 Å². The zero-order chi connectivity index (χ0) is 10.6. The van der Waals surface area contributed by atoms with E-state index in [0.29, 0.717) is 0 Å². The van der Waals surface area contributed by atoms with Crippen molar-refractivity contribution in [2.45, 2.75) is 25.4 Å². The molecule has 0 amide bonds. The van der Waals surface area contributed by atoms with E-state index in [-0.39, 0.29) is 0 Å². The molecule has 0 saturated heterocycles. The van der Waals surface area contributed by atoms with Crippen molar-refractivity contribution in [3.8, 4) is 0 Å². The normalized spacial score (nSPS) is 12.3. The van der Waals surface area contributed by atoms with Gasteiger partial charge >= 0.3 is 18.5 Å². The van der Waals surface area contributed by atoms with Crippen molar-refractivity contribution in [3.05, 3.63) is 0 Å². The van der Waals surface area contributed by atoms with Crippen LogP contribution in [0.4, 0.5) is 26.3 Å². The van der Waals surface area contributed by atoms with Crippen molar-refractivity contribution in [1.82, 2.24) is 0 Å². The number of ether oxygens (including phenoxy) is 1. The predicted molar refractivity (Wildman–Crippen MR) is 27.7 cm³/mol. The van der Waals surface area contributed by atoms with Crippen LogP contribution in [0, 0.1) is 0 Å². The second-order valence-corrected chi connectivity index (χ2v) is 1.93. The predicted octanol–water partition coefficient (Wildman–Crippen LogP) is 2.04. The average molecular weight is 210 g/mol. The van der Waals surface area contributed by atoms with Gasteiger partial charge in [0.05, 0.1) is 0 Å². The molecule has 0 saturated carbocycles. The summed E-state index contributed by atoms with van der Waals surface area (Å²) in [5, 5.41) is 0. The fourth-order valence-corrected chi connectivity index (χ4v) is 0.364. The Labute approximate surface area is 68.5 Å². The quantitative estimate of drug-likeness (QED) is 0.524. The standard InChI is InChI=1S/C5H4F6O2/c6-2(7)1-3(12)13-5(10,11)4(8)9/h2,4H,1H2. The lowest BCUT2D eigenvalue weighted by atomic mass is 10.4. The maximum atomic E-state index is 11.8. The van der Waals surface area contributed by atoms with Gasteiger partial charge in [-0.25, -0.2) is 8.78 Å². The summed E-state index contributed by atoms with van der Waals surface area (Å²) >= 11 is 0. The molecule has 0 aromatic heterocycles. The van der Waals surface area contributed by atoms with Gasteiger partial charge in [-0.15, -0.1) is 0 Å². The van der Waals surface area contributed by atoms with Gasteiger partial charge in [-0.3, -0.25) is 4.79 Å². The number of halogens is 6. The zero-order valence-electron chi connectivity index (χ0n) is 5.95. The summed E-state index contributed by atoms with van der Waals surface area (Å²) in [4.78, 5) is 10.1. The molecule has 78 valence electrons. The van der Waals surface area contributed by atoms with Gasteiger partial charge in [0, 0.05) is 0 Å². The number of hydrogen-bond donors (Lipinski definition) is 0. The van der Waals surface area contributed by atoms with E-state index in [4.69, 9.17) is 0 Å². The smallest absolute Gasteiger partial charge is 0.396 e. The Morgan fingerprint density at radius 1 is 1.23 bits per heavy atom. The number of rotatable bonds is 4. The Bertz CT molecular complexity index is 180. The van der Waals surface area contributed by atoms with E-state index in [9.17, 15) is 31.1 Å². The maximum Gasteiger partial charge on any atom is 0.463 e. The Morgan fingerprint density at radius 3 is 2.00 bits per heavy atom. The summed E-state index contributed by atoms with van der Waals surface area (Å²) in [7, 11) is 0. The minimum Gasteiger partial charge on any atom is -0.396 e. The van der Waals surface area contributed by atoms with E-state index in [2.05, 4.69) is 4.74 Å². The summed E-state index contributed by atoms with van der Waals surface area (Å²) in [6.45, 7) is 0. The molecule has 0 spiro atoms. The molecule has 0 aliphatic rings. The second-order valence-electron chi connectivity index (χ2n) is 1.93. The Morgan fingerprint density at radius 2 is 1.69 bits per heavy atom. The molecule has 13 heavy (non-hydrogen) atoms. The van der Waals surface area contributed by atoms with Gasteiger partial charge in [-0.2, -0.15) is 17.6 Å². The molecule has 0 aromatic carbocycles. The fraction of sp³-hybridized carbons (Fsp3) is 0.800. The number of carbonyl (C=O) groups is 1. The van der Waals surface area contributed by atoms with Crippen LogP contribution in [0.5, 0.6) is 0 Å². The highest BCUT2D eigenvalue weighted by Crippen LogP contribution is 2.24. The van der Waals surface area contributed by atoms with Crippen LogP contribution in [0.1, 0.15) is 6.42 Å². The van der Waals surface area contributed by atoms with Crippen LogP contribution < -0.4 is 0 Å². The van der Waals surface area contributed by atoms with Gasteiger partial charge in [-0.05, 0) is 0 Å². The van der Waals surface area contributed by atoms with Crippen LogP contribution >= 0.6 is 0 Å². The molecule has 0 unspecified atom stereocenters. The second kappa shape index (κ2) is 4.33. The summed E-state index contributed by atoms with van der Waals surface area (Å²) in [6.07, 6.45) is -14.1. The van der Waals surface area contributed by atoms with E-state index < -0.39 is 31.3 Å². The van der Waals surface area contributed by atoms with Crippen molar-refractivity contribution in [2.24, 2.45) is 0 Å². The molecule has 0 fully saturated rings. The number of hydrogen-bond acceptors (Lipinski definition) is 2. The van der Waals surface area contributed by atoms with Gasteiger partial charge in [0.2, 0.25) is 6.43 Å². The van der Waals surface area contributed by atoms with E-state index in [1.54, 1.807) is 0 Å². The average Bonchev–Trinajstić information content (AvgIpc) is 1.82. The molecular weight excluding hydrogens is 206 g/mol. The Hall–Kier alpha value is -0.950. The molecule has 0 N–H and O–H groups in total. The first-order valence-corrected chi connectivity index (χ1v) is 2.91. The van der Waals surface area contributed by atoms with Crippen LogP contribution in [0.25, 0.3) is 0 Å². The zero-order valence-corrected chi connectivity index (χ0v) is 5.95. The molecule has 0 rings (SSSR count). The third-order valence-corrected chi connectivity index (χ3v) is 0.825. The molecule has 0 atom stereocenters. The highest BCUT2D eigenvalue weighted by molar-refractivity contribution is 5.70. The van der Waals surface area contributed by atoms with Crippen LogP contribution in [0.2, 0.25) is 0 Å². The highest BCUT2D eigenvalue weighted by atomic mass is 19.3. The van der Waals surface area contributed by atoms with Crippen molar-refractivity contribution in [2.75, 3.05) is 0 Å².